The summed E-state index contributed by atoms with van der Waals surface area (Å²) in [5.41, 5.74) is 1.28. The maximum absolute atomic E-state index is 12.2. The minimum absolute atomic E-state index is 0.182. The van der Waals surface area contributed by atoms with Gasteiger partial charge in [0.1, 0.15) is 5.69 Å². The van der Waals surface area contributed by atoms with Crippen LogP contribution in [0, 0.1) is 0 Å². The molecule has 0 atom stereocenters. The van der Waals surface area contributed by atoms with Crippen molar-refractivity contribution in [3.8, 4) is 0 Å². The summed E-state index contributed by atoms with van der Waals surface area (Å²) in [4.78, 5) is 28.5. The van der Waals surface area contributed by atoms with Crippen molar-refractivity contribution in [3.63, 3.8) is 0 Å². The molecule has 0 unspecified atom stereocenters. The van der Waals surface area contributed by atoms with Crippen LogP contribution in [0.15, 0.2) is 34.1 Å². The topological polar surface area (TPSA) is 71.1 Å². The van der Waals surface area contributed by atoms with Crippen molar-refractivity contribution in [2.45, 2.75) is 38.3 Å². The van der Waals surface area contributed by atoms with Crippen molar-refractivity contribution in [1.82, 2.24) is 15.6 Å². The van der Waals surface area contributed by atoms with Gasteiger partial charge in [0.2, 0.25) is 0 Å². The first-order valence-corrected chi connectivity index (χ1v) is 9.58. The molecule has 0 bridgehead atoms. The summed E-state index contributed by atoms with van der Waals surface area (Å²) in [7, 11) is 0. The first kappa shape index (κ1) is 17.1. The van der Waals surface area contributed by atoms with Gasteiger partial charge in [-0.2, -0.15) is 0 Å². The number of thiazole rings is 1. The Labute approximate surface area is 153 Å². The molecule has 1 aliphatic carbocycles. The minimum atomic E-state index is -0.272. The molecule has 3 rings (SSSR count). The first-order valence-electron chi connectivity index (χ1n) is 7.91. The van der Waals surface area contributed by atoms with Crippen molar-refractivity contribution < 1.29 is 9.59 Å². The molecule has 1 aliphatic rings. The maximum atomic E-state index is 12.2. The number of benzene rings is 1. The molecule has 126 valence electrons. The minimum Gasteiger partial charge on any atom is -0.347 e. The Balaban J connectivity index is 1.56. The van der Waals surface area contributed by atoms with E-state index in [1.165, 1.54) is 11.3 Å². The van der Waals surface area contributed by atoms with E-state index in [0.29, 0.717) is 11.6 Å². The monoisotopic (exact) mass is 407 g/mol. The number of hydrogen-bond acceptors (Lipinski definition) is 4. The molecule has 2 N–H and O–H groups in total. The van der Waals surface area contributed by atoms with Gasteiger partial charge in [0, 0.05) is 22.4 Å². The van der Waals surface area contributed by atoms with Crippen molar-refractivity contribution in [1.29, 1.82) is 0 Å². The molecule has 1 aromatic heterocycles. The Bertz CT molecular complexity index is 741. The Morgan fingerprint density at radius 1 is 1.25 bits per heavy atom. The lowest BCUT2D eigenvalue weighted by atomic mass is 10.2. The van der Waals surface area contributed by atoms with Gasteiger partial charge < -0.3 is 10.6 Å². The fraction of sp³-hybridized carbons (Fsp3) is 0.353. The van der Waals surface area contributed by atoms with Gasteiger partial charge in [-0.15, -0.1) is 11.3 Å². The van der Waals surface area contributed by atoms with Gasteiger partial charge in [-0.3, -0.25) is 9.59 Å². The molecule has 1 saturated carbocycles. The third-order valence-corrected chi connectivity index (χ3v) is 5.30. The molecule has 7 heteroatoms. The zero-order valence-electron chi connectivity index (χ0n) is 13.0. The van der Waals surface area contributed by atoms with E-state index in [-0.39, 0.29) is 23.6 Å². The van der Waals surface area contributed by atoms with E-state index in [1.807, 2.05) is 24.3 Å². The zero-order valence-corrected chi connectivity index (χ0v) is 15.5. The second-order valence-electron chi connectivity index (χ2n) is 5.81. The Hall–Kier alpha value is -1.73. The number of hydrogen-bond donors (Lipinski definition) is 2. The van der Waals surface area contributed by atoms with Crippen LogP contribution in [0.5, 0.6) is 0 Å². The van der Waals surface area contributed by atoms with Gasteiger partial charge in [0.05, 0.1) is 0 Å². The fourth-order valence-corrected chi connectivity index (χ4v) is 3.87. The number of rotatable bonds is 5. The molecule has 0 aliphatic heterocycles. The van der Waals surface area contributed by atoms with Crippen LogP contribution < -0.4 is 10.6 Å². The Morgan fingerprint density at radius 3 is 2.79 bits per heavy atom. The fourth-order valence-electron chi connectivity index (χ4n) is 2.72. The highest BCUT2D eigenvalue weighted by molar-refractivity contribution is 9.10. The lowest BCUT2D eigenvalue weighted by Gasteiger charge is -2.09. The van der Waals surface area contributed by atoms with Crippen LogP contribution in [-0.2, 0) is 6.54 Å². The van der Waals surface area contributed by atoms with Gasteiger partial charge in [0.15, 0.2) is 5.01 Å². The molecule has 5 nitrogen and oxygen atoms in total. The second kappa shape index (κ2) is 7.90. The quantitative estimate of drug-likeness (QED) is 0.796. The standard InChI is InChI=1S/C17H18BrN3O2S/c18-12-5-3-4-11(8-12)9-19-15(22)14-10-24-17(21-14)16(23)20-13-6-1-2-7-13/h3-5,8,10,13H,1-2,6-7,9H2,(H,19,22)(H,20,23). The third-order valence-electron chi connectivity index (χ3n) is 3.96. The molecule has 2 amide bonds. The van der Waals surface area contributed by atoms with E-state index in [1.54, 1.807) is 5.38 Å². The van der Waals surface area contributed by atoms with Gasteiger partial charge >= 0.3 is 0 Å². The van der Waals surface area contributed by atoms with E-state index in [9.17, 15) is 9.59 Å². The lowest BCUT2D eigenvalue weighted by molar-refractivity contribution is 0.0937. The molecule has 1 aromatic carbocycles. The van der Waals surface area contributed by atoms with Crippen LogP contribution >= 0.6 is 27.3 Å². The smallest absolute Gasteiger partial charge is 0.280 e. The number of nitrogens with zero attached hydrogens (tertiary/aromatic N) is 1. The summed E-state index contributed by atoms with van der Waals surface area (Å²) >= 11 is 4.60. The maximum Gasteiger partial charge on any atom is 0.280 e. The molecule has 24 heavy (non-hydrogen) atoms. The van der Waals surface area contributed by atoms with Crippen molar-refractivity contribution >= 4 is 39.1 Å². The first-order chi connectivity index (χ1) is 11.6. The van der Waals surface area contributed by atoms with Crippen LogP contribution in [0.25, 0.3) is 0 Å². The summed E-state index contributed by atoms with van der Waals surface area (Å²) in [5, 5.41) is 7.77. The SMILES string of the molecule is O=C(NCc1cccc(Br)c1)c1csc(C(=O)NC2CCCC2)n1. The molecule has 0 saturated heterocycles. The molecule has 0 spiro atoms. The number of nitrogens with one attached hydrogen (secondary N) is 2. The van der Waals surface area contributed by atoms with E-state index < -0.39 is 0 Å². The summed E-state index contributed by atoms with van der Waals surface area (Å²) < 4.78 is 0.966. The summed E-state index contributed by atoms with van der Waals surface area (Å²) in [6.45, 7) is 0.416. The number of halogens is 1. The number of carbonyl (C=O) groups is 2. The van der Waals surface area contributed by atoms with Crippen molar-refractivity contribution in [3.05, 3.63) is 50.4 Å². The van der Waals surface area contributed by atoms with E-state index >= 15 is 0 Å². The van der Waals surface area contributed by atoms with Crippen LogP contribution in [0.3, 0.4) is 0 Å². The summed E-state index contributed by atoms with van der Waals surface area (Å²) in [6.07, 6.45) is 4.37. The van der Waals surface area contributed by atoms with Crippen LogP contribution in [-0.4, -0.2) is 22.8 Å². The normalized spacial score (nSPS) is 14.5. The van der Waals surface area contributed by atoms with Gasteiger partial charge in [0.25, 0.3) is 11.8 Å². The average molecular weight is 408 g/mol. The van der Waals surface area contributed by atoms with E-state index in [0.717, 1.165) is 35.7 Å². The van der Waals surface area contributed by atoms with E-state index in [2.05, 4.69) is 31.5 Å². The summed E-state index contributed by atoms with van der Waals surface area (Å²) in [5.74, 6) is -0.455. The van der Waals surface area contributed by atoms with E-state index in [4.69, 9.17) is 0 Å². The summed E-state index contributed by atoms with van der Waals surface area (Å²) in [6, 6.07) is 7.98. The van der Waals surface area contributed by atoms with Crippen LogP contribution in [0.2, 0.25) is 0 Å². The third kappa shape index (κ3) is 4.42. The highest BCUT2D eigenvalue weighted by Gasteiger charge is 2.21. The average Bonchev–Trinajstić information content (AvgIpc) is 3.24. The second-order valence-corrected chi connectivity index (χ2v) is 7.58. The molecular formula is C17H18BrN3O2S. The molecule has 1 heterocycles. The zero-order chi connectivity index (χ0) is 16.9. The molecule has 2 aromatic rings. The Morgan fingerprint density at radius 2 is 2.04 bits per heavy atom. The number of carbonyl (C=O) groups excluding carboxylic acids is 2. The van der Waals surface area contributed by atoms with Crippen LogP contribution in [0.1, 0.15) is 51.5 Å². The lowest BCUT2D eigenvalue weighted by Crippen LogP contribution is -2.32. The predicted octanol–water partition coefficient (Wildman–Crippen LogP) is 3.51. The largest absolute Gasteiger partial charge is 0.347 e. The van der Waals surface area contributed by atoms with Crippen LogP contribution in [0.4, 0.5) is 0 Å². The highest BCUT2D eigenvalue weighted by Crippen LogP contribution is 2.19. The molecular weight excluding hydrogens is 390 g/mol. The predicted molar refractivity (Wildman–Crippen MR) is 97.1 cm³/mol. The van der Waals surface area contributed by atoms with Gasteiger partial charge in [-0.05, 0) is 30.5 Å². The highest BCUT2D eigenvalue weighted by atomic mass is 79.9. The number of aromatic nitrogens is 1. The molecule has 1 fully saturated rings. The van der Waals surface area contributed by atoms with Crippen molar-refractivity contribution in [2.75, 3.05) is 0 Å². The van der Waals surface area contributed by atoms with Gasteiger partial charge in [-0.1, -0.05) is 40.9 Å². The van der Waals surface area contributed by atoms with Gasteiger partial charge in [-0.25, -0.2) is 4.98 Å². The van der Waals surface area contributed by atoms with Crippen molar-refractivity contribution in [2.24, 2.45) is 0 Å². The number of amides is 2. The molecule has 0 radical (unpaired) electrons. The Kier molecular flexibility index (Phi) is 5.63.